The molecule has 10 heteroatoms. The molecule has 4 heterocycles. The SMILES string of the molecule is COc1cccc2c(-c3cn(Cc4cccc(C5CCN(C=O)CC5)n4)nn3)nc(N)nc12. The van der Waals surface area contributed by atoms with Gasteiger partial charge in [-0.15, -0.1) is 5.10 Å². The molecule has 0 aliphatic carbocycles. The van der Waals surface area contributed by atoms with Crippen LogP contribution in [0.5, 0.6) is 5.75 Å². The number of fused-ring (bicyclic) bond motifs is 1. The first-order valence-corrected chi connectivity index (χ1v) is 10.8. The van der Waals surface area contributed by atoms with Crippen molar-refractivity contribution in [3.05, 3.63) is 54.0 Å². The molecule has 5 rings (SSSR count). The predicted molar refractivity (Wildman–Crippen MR) is 122 cm³/mol. The molecule has 3 aromatic heterocycles. The van der Waals surface area contributed by atoms with Crippen molar-refractivity contribution in [3.8, 4) is 17.1 Å². The Hall–Kier alpha value is -4.08. The van der Waals surface area contributed by atoms with E-state index in [2.05, 4.69) is 26.3 Å². The van der Waals surface area contributed by atoms with Gasteiger partial charge in [0.25, 0.3) is 0 Å². The summed E-state index contributed by atoms with van der Waals surface area (Å²) in [6.07, 6.45) is 4.60. The lowest BCUT2D eigenvalue weighted by Gasteiger charge is -2.28. The lowest BCUT2D eigenvalue weighted by Crippen LogP contribution is -2.31. The summed E-state index contributed by atoms with van der Waals surface area (Å²) in [4.78, 5) is 26.4. The Morgan fingerprint density at radius 2 is 1.94 bits per heavy atom. The van der Waals surface area contributed by atoms with Gasteiger partial charge in [-0.3, -0.25) is 9.78 Å². The fourth-order valence-electron chi connectivity index (χ4n) is 4.27. The third kappa shape index (κ3) is 4.19. The minimum Gasteiger partial charge on any atom is -0.494 e. The van der Waals surface area contributed by atoms with Crippen molar-refractivity contribution in [2.24, 2.45) is 0 Å². The van der Waals surface area contributed by atoms with E-state index >= 15 is 0 Å². The fourth-order valence-corrected chi connectivity index (χ4v) is 4.27. The summed E-state index contributed by atoms with van der Waals surface area (Å²) in [5, 5.41) is 9.39. The van der Waals surface area contributed by atoms with Crippen molar-refractivity contribution in [1.29, 1.82) is 0 Å². The standard InChI is InChI=1S/C23H24N8O2/c1-33-20-7-3-5-17-21(26-23(24)27-22(17)20)19-13-31(29-28-19)12-16-4-2-6-18(25-16)15-8-10-30(14-32)11-9-15/h2-7,13-15H,8-12H2,1H3,(H2,24,26,27). The quantitative estimate of drug-likeness (QED) is 0.449. The summed E-state index contributed by atoms with van der Waals surface area (Å²) < 4.78 is 7.15. The van der Waals surface area contributed by atoms with Crippen LogP contribution in [0.25, 0.3) is 22.3 Å². The summed E-state index contributed by atoms with van der Waals surface area (Å²) in [5.41, 5.74) is 9.74. The second kappa shape index (κ2) is 8.81. The normalized spacial score (nSPS) is 14.5. The van der Waals surface area contributed by atoms with Crippen LogP contribution in [-0.4, -0.2) is 61.5 Å². The van der Waals surface area contributed by atoms with Crippen LogP contribution >= 0.6 is 0 Å². The molecule has 1 saturated heterocycles. The lowest BCUT2D eigenvalue weighted by atomic mass is 9.93. The molecule has 4 aromatic rings. The highest BCUT2D eigenvalue weighted by atomic mass is 16.5. The second-order valence-corrected chi connectivity index (χ2v) is 8.06. The van der Waals surface area contributed by atoms with Gasteiger partial charge in [-0.05, 0) is 31.0 Å². The number of amides is 1. The summed E-state index contributed by atoms with van der Waals surface area (Å²) in [6, 6.07) is 11.7. The minimum atomic E-state index is 0.145. The maximum atomic E-state index is 11.0. The second-order valence-electron chi connectivity index (χ2n) is 8.06. The van der Waals surface area contributed by atoms with Crippen LogP contribution in [0, 0.1) is 0 Å². The van der Waals surface area contributed by atoms with E-state index in [4.69, 9.17) is 15.5 Å². The molecule has 0 bridgehead atoms. The van der Waals surface area contributed by atoms with E-state index in [1.807, 2.05) is 41.4 Å². The number of hydrogen-bond acceptors (Lipinski definition) is 8. The van der Waals surface area contributed by atoms with Gasteiger partial charge in [0.05, 0.1) is 25.5 Å². The number of pyridine rings is 1. The van der Waals surface area contributed by atoms with Crippen molar-refractivity contribution < 1.29 is 9.53 Å². The molecule has 1 fully saturated rings. The number of piperidine rings is 1. The number of carbonyl (C=O) groups is 1. The molecule has 2 N–H and O–H groups in total. The zero-order valence-corrected chi connectivity index (χ0v) is 18.3. The Balaban J connectivity index is 1.39. The Kier molecular flexibility index (Phi) is 5.55. The highest BCUT2D eigenvalue weighted by Gasteiger charge is 2.21. The summed E-state index contributed by atoms with van der Waals surface area (Å²) in [6.45, 7) is 2.02. The van der Waals surface area contributed by atoms with Gasteiger partial charge in [-0.2, -0.15) is 0 Å². The van der Waals surface area contributed by atoms with Gasteiger partial charge in [0, 0.05) is 30.1 Å². The number of likely N-dealkylation sites (tertiary alicyclic amines) is 1. The third-order valence-corrected chi connectivity index (χ3v) is 5.96. The number of nitrogens with two attached hydrogens (primary N) is 1. The molecule has 1 aliphatic heterocycles. The molecule has 0 spiro atoms. The Labute approximate surface area is 190 Å². The molecule has 0 radical (unpaired) electrons. The molecule has 0 atom stereocenters. The largest absolute Gasteiger partial charge is 0.494 e. The Bertz CT molecular complexity index is 1300. The van der Waals surface area contributed by atoms with Crippen LogP contribution in [0.2, 0.25) is 0 Å². The summed E-state index contributed by atoms with van der Waals surface area (Å²) in [7, 11) is 1.59. The van der Waals surface area contributed by atoms with Crippen molar-refractivity contribution in [1.82, 2.24) is 34.8 Å². The monoisotopic (exact) mass is 444 g/mol. The highest BCUT2D eigenvalue weighted by molar-refractivity contribution is 5.95. The van der Waals surface area contributed by atoms with E-state index in [9.17, 15) is 4.79 Å². The molecule has 33 heavy (non-hydrogen) atoms. The average molecular weight is 444 g/mol. The molecular formula is C23H24N8O2. The number of benzene rings is 1. The number of aromatic nitrogens is 6. The number of methoxy groups -OCH3 is 1. The van der Waals surface area contributed by atoms with Gasteiger partial charge in [0.2, 0.25) is 12.4 Å². The highest BCUT2D eigenvalue weighted by Crippen LogP contribution is 2.31. The minimum absolute atomic E-state index is 0.145. The average Bonchev–Trinajstić information content (AvgIpc) is 3.31. The molecule has 0 unspecified atom stereocenters. The zero-order chi connectivity index (χ0) is 22.8. The van der Waals surface area contributed by atoms with Gasteiger partial charge >= 0.3 is 0 Å². The van der Waals surface area contributed by atoms with Gasteiger partial charge in [-0.1, -0.05) is 23.4 Å². The van der Waals surface area contributed by atoms with Crippen molar-refractivity contribution >= 4 is 23.3 Å². The maximum absolute atomic E-state index is 11.0. The van der Waals surface area contributed by atoms with Crippen molar-refractivity contribution in [2.75, 3.05) is 25.9 Å². The van der Waals surface area contributed by atoms with Crippen molar-refractivity contribution in [3.63, 3.8) is 0 Å². The van der Waals surface area contributed by atoms with Crippen LogP contribution in [0.3, 0.4) is 0 Å². The predicted octanol–water partition coefficient (Wildman–Crippen LogP) is 2.26. The van der Waals surface area contributed by atoms with Crippen LogP contribution in [0.4, 0.5) is 5.95 Å². The summed E-state index contributed by atoms with van der Waals surface area (Å²) >= 11 is 0. The van der Waals surface area contributed by atoms with Gasteiger partial charge in [-0.25, -0.2) is 14.6 Å². The van der Waals surface area contributed by atoms with Crippen LogP contribution < -0.4 is 10.5 Å². The molecule has 1 amide bonds. The number of hydrogen-bond donors (Lipinski definition) is 1. The number of anilines is 1. The number of nitrogens with zero attached hydrogens (tertiary/aromatic N) is 7. The number of ether oxygens (including phenoxy) is 1. The topological polar surface area (TPSA) is 125 Å². The van der Waals surface area contributed by atoms with E-state index in [0.717, 1.165) is 49.1 Å². The van der Waals surface area contributed by atoms with Gasteiger partial charge < -0.3 is 15.4 Å². The number of para-hydroxylation sites is 1. The molecular weight excluding hydrogens is 420 g/mol. The zero-order valence-electron chi connectivity index (χ0n) is 18.3. The van der Waals surface area contributed by atoms with E-state index in [0.29, 0.717) is 35.1 Å². The molecule has 0 saturated carbocycles. The van der Waals surface area contributed by atoms with E-state index in [1.54, 1.807) is 11.8 Å². The molecule has 1 aliphatic rings. The number of nitrogen functional groups attached to an aromatic ring is 1. The number of rotatable bonds is 6. The van der Waals surface area contributed by atoms with Crippen LogP contribution in [-0.2, 0) is 11.3 Å². The van der Waals surface area contributed by atoms with Crippen LogP contribution in [0.15, 0.2) is 42.6 Å². The first kappa shape index (κ1) is 20.8. The van der Waals surface area contributed by atoms with E-state index in [1.165, 1.54) is 0 Å². The lowest BCUT2D eigenvalue weighted by molar-refractivity contribution is -0.119. The maximum Gasteiger partial charge on any atom is 0.221 e. The van der Waals surface area contributed by atoms with Crippen molar-refractivity contribution in [2.45, 2.75) is 25.3 Å². The van der Waals surface area contributed by atoms with Crippen LogP contribution in [0.1, 0.15) is 30.1 Å². The Morgan fingerprint density at radius 3 is 2.73 bits per heavy atom. The first-order valence-electron chi connectivity index (χ1n) is 10.8. The number of carbonyl (C=O) groups excluding carboxylic acids is 1. The fraction of sp³-hybridized carbons (Fsp3) is 0.304. The smallest absolute Gasteiger partial charge is 0.221 e. The molecule has 168 valence electrons. The summed E-state index contributed by atoms with van der Waals surface area (Å²) in [5.74, 6) is 1.12. The van der Waals surface area contributed by atoms with Gasteiger partial charge in [0.15, 0.2) is 0 Å². The van der Waals surface area contributed by atoms with E-state index in [-0.39, 0.29) is 5.95 Å². The van der Waals surface area contributed by atoms with E-state index < -0.39 is 0 Å². The molecule has 10 nitrogen and oxygen atoms in total. The molecule has 1 aromatic carbocycles. The van der Waals surface area contributed by atoms with Gasteiger partial charge in [0.1, 0.15) is 22.7 Å². The third-order valence-electron chi connectivity index (χ3n) is 5.96. The Morgan fingerprint density at radius 1 is 1.12 bits per heavy atom. The first-order chi connectivity index (χ1) is 16.1.